The largest absolute Gasteiger partial charge is 0.458 e. The average molecular weight is 977 g/mol. The number of hydrogen-bond donors (Lipinski definition) is 0. The Morgan fingerprint density at radius 3 is 1.16 bits per heavy atom. The summed E-state index contributed by atoms with van der Waals surface area (Å²) >= 11 is 0. The SMILES string of the molecule is c1ccc(N2c3cc4c(cc3B3c5ccccc5Oc5cccc2c53)B2c3c(cc5c6c3-n3c7c2cccc7c2cccc(c23)B6c2cc3c(cc2O5)N(c2ccccc2)c2cccc5c2B3c2ccccc2O5)O4)cc1. The second kappa shape index (κ2) is 13.8. The first-order valence-corrected chi connectivity index (χ1v) is 26.7. The first kappa shape index (κ1) is 39.7. The van der Waals surface area contributed by atoms with Crippen LogP contribution in [0.5, 0.6) is 46.0 Å². The fraction of sp³-hybridized carbons (Fsp3) is 0. The fourth-order valence-corrected chi connectivity index (χ4v) is 15.4. The molecule has 77 heavy (non-hydrogen) atoms. The summed E-state index contributed by atoms with van der Waals surface area (Å²) in [6.07, 6.45) is 0. The Morgan fingerprint density at radius 2 is 0.662 bits per heavy atom. The summed E-state index contributed by atoms with van der Waals surface area (Å²) in [5.41, 5.74) is 24.7. The second-order valence-corrected chi connectivity index (χ2v) is 21.7. The third kappa shape index (κ3) is 4.74. The topological polar surface area (TPSA) is 48.3 Å². The van der Waals surface area contributed by atoms with Crippen LogP contribution in [0, 0.1) is 0 Å². The molecule has 0 atom stereocenters. The molecule has 0 saturated carbocycles. The molecule has 8 aliphatic heterocycles. The molecule has 0 saturated heterocycles. The van der Waals surface area contributed by atoms with Crippen LogP contribution in [0.4, 0.5) is 34.1 Å². The predicted molar refractivity (Wildman–Crippen MR) is 315 cm³/mol. The molecule has 0 amide bonds. The second-order valence-electron chi connectivity index (χ2n) is 21.7. The van der Waals surface area contributed by atoms with Crippen LogP contribution >= 0.6 is 0 Å². The van der Waals surface area contributed by atoms with Gasteiger partial charge >= 0.3 is 0 Å². The highest BCUT2D eigenvalue weighted by molar-refractivity contribution is 7.05. The molecule has 11 aromatic carbocycles. The molecule has 20 rings (SSSR count). The number of rotatable bonds is 2. The van der Waals surface area contributed by atoms with Gasteiger partial charge in [0.15, 0.2) is 0 Å². The highest BCUT2D eigenvalue weighted by atomic mass is 16.5. The molecular formula is C66H35B4N3O4. The standard InChI is InChI=1S/C66H35B4N3O4/c1-3-15-36(16-4-1)71-48-25-13-29-54-60(48)67(40-21-7-9-27-52(40)74-54)44-31-46-56(33-50(44)71)76-58-35-59-63-66-62(58)69(46)42-23-11-19-38-39-20-12-24-43(65(39)73(66)64(38)42)70(63)47-32-45-51(34-57(47)77-59)72(37-17-5-2-6-18-37)49-26-14-30-55-61(49)68(45)41-22-8-10-28-53(41)75-55/h1-35H. The van der Waals surface area contributed by atoms with Crippen LogP contribution in [-0.2, 0) is 0 Å². The molecule has 8 aliphatic rings. The quantitative estimate of drug-likeness (QED) is 0.168. The average Bonchev–Trinajstić information content (AvgIpc) is 3.85. The summed E-state index contributed by atoms with van der Waals surface area (Å²) in [4.78, 5) is 4.81. The molecule has 0 radical (unpaired) electrons. The van der Waals surface area contributed by atoms with Gasteiger partial charge in [-0.25, -0.2) is 0 Å². The van der Waals surface area contributed by atoms with Crippen LogP contribution in [0.15, 0.2) is 212 Å². The summed E-state index contributed by atoms with van der Waals surface area (Å²) in [6, 6.07) is 77.3. The Morgan fingerprint density at radius 1 is 0.260 bits per heavy atom. The van der Waals surface area contributed by atoms with Gasteiger partial charge in [-0.05, 0) is 126 Å². The van der Waals surface area contributed by atoms with E-state index in [1.165, 1.54) is 71.2 Å². The van der Waals surface area contributed by atoms with Crippen molar-refractivity contribution in [3.05, 3.63) is 212 Å². The van der Waals surface area contributed by atoms with Crippen molar-refractivity contribution in [1.82, 2.24) is 4.57 Å². The first-order chi connectivity index (χ1) is 38.2. The molecule has 1 aromatic heterocycles. The predicted octanol–water partition coefficient (Wildman–Crippen LogP) is 7.46. The number of para-hydroxylation sites is 6. The summed E-state index contributed by atoms with van der Waals surface area (Å²) < 4.78 is 31.2. The van der Waals surface area contributed by atoms with Gasteiger partial charge in [0.1, 0.15) is 46.0 Å². The Hall–Kier alpha value is -9.72. The molecule has 0 spiro atoms. The van der Waals surface area contributed by atoms with Crippen LogP contribution in [-0.4, -0.2) is 31.4 Å². The third-order valence-corrected chi connectivity index (χ3v) is 18.2. The lowest BCUT2D eigenvalue weighted by Crippen LogP contribution is -2.67. The highest BCUT2D eigenvalue weighted by Crippen LogP contribution is 2.48. The Balaban J connectivity index is 0.861. The summed E-state index contributed by atoms with van der Waals surface area (Å²) in [7, 11) is 0. The molecule has 11 heteroatoms. The number of aromatic nitrogens is 1. The first-order valence-electron chi connectivity index (χ1n) is 26.7. The third-order valence-electron chi connectivity index (χ3n) is 18.2. The lowest BCUT2D eigenvalue weighted by Gasteiger charge is -2.43. The van der Waals surface area contributed by atoms with Crippen LogP contribution in [0.25, 0.3) is 27.5 Å². The zero-order chi connectivity index (χ0) is 49.5. The molecule has 0 fully saturated rings. The van der Waals surface area contributed by atoms with Crippen molar-refractivity contribution in [3.63, 3.8) is 0 Å². The minimum Gasteiger partial charge on any atom is -0.458 e. The number of fused-ring (bicyclic) bond motifs is 15. The van der Waals surface area contributed by atoms with Crippen molar-refractivity contribution in [3.8, 4) is 51.7 Å². The van der Waals surface area contributed by atoms with Gasteiger partial charge < -0.3 is 33.3 Å². The van der Waals surface area contributed by atoms with Crippen molar-refractivity contribution < 1.29 is 18.9 Å². The van der Waals surface area contributed by atoms with Gasteiger partial charge in [0.05, 0.1) is 0 Å². The maximum atomic E-state index is 7.52. The van der Waals surface area contributed by atoms with Crippen molar-refractivity contribution >= 4 is 148 Å². The zero-order valence-electron chi connectivity index (χ0n) is 41.0. The van der Waals surface area contributed by atoms with Crippen molar-refractivity contribution in [2.24, 2.45) is 0 Å². The number of nitrogens with zero attached hydrogens (tertiary/aromatic N) is 3. The van der Waals surface area contributed by atoms with Gasteiger partial charge in [-0.3, -0.25) is 0 Å². The van der Waals surface area contributed by atoms with Gasteiger partial charge in [-0.1, -0.05) is 133 Å². The molecule has 0 unspecified atom stereocenters. The Bertz CT molecular complexity index is 4480. The monoisotopic (exact) mass is 977 g/mol. The van der Waals surface area contributed by atoms with E-state index in [0.717, 1.165) is 102 Å². The molecule has 12 aromatic rings. The number of hydrogen-bond acceptors (Lipinski definition) is 6. The van der Waals surface area contributed by atoms with E-state index in [9.17, 15) is 0 Å². The number of benzene rings is 11. The van der Waals surface area contributed by atoms with E-state index in [0.29, 0.717) is 0 Å². The maximum absolute atomic E-state index is 7.52. The molecule has 0 aliphatic carbocycles. The van der Waals surface area contributed by atoms with E-state index in [4.69, 9.17) is 18.9 Å². The summed E-state index contributed by atoms with van der Waals surface area (Å²) in [6.45, 7) is -0.382. The Labute approximate surface area is 443 Å². The van der Waals surface area contributed by atoms with Gasteiger partial charge in [0, 0.05) is 79.8 Å². The van der Waals surface area contributed by atoms with Crippen molar-refractivity contribution in [2.45, 2.75) is 0 Å². The van der Waals surface area contributed by atoms with Gasteiger partial charge in [0.2, 0.25) is 0 Å². The van der Waals surface area contributed by atoms with Crippen LogP contribution in [0.3, 0.4) is 0 Å². The maximum Gasteiger partial charge on any atom is 0.256 e. The van der Waals surface area contributed by atoms with E-state index in [1.807, 2.05) is 0 Å². The van der Waals surface area contributed by atoms with Crippen LogP contribution < -0.4 is 94.3 Å². The van der Waals surface area contributed by atoms with Crippen LogP contribution in [0.1, 0.15) is 0 Å². The van der Waals surface area contributed by atoms with E-state index >= 15 is 0 Å². The van der Waals surface area contributed by atoms with Crippen LogP contribution in [0.2, 0.25) is 0 Å². The van der Waals surface area contributed by atoms with E-state index in [2.05, 4.69) is 227 Å². The van der Waals surface area contributed by atoms with Gasteiger partial charge in [-0.2, -0.15) is 0 Å². The smallest absolute Gasteiger partial charge is 0.256 e. The van der Waals surface area contributed by atoms with E-state index in [1.54, 1.807) is 0 Å². The van der Waals surface area contributed by atoms with E-state index in [-0.39, 0.29) is 26.9 Å². The molecule has 9 heterocycles. The highest BCUT2D eigenvalue weighted by Gasteiger charge is 2.52. The van der Waals surface area contributed by atoms with Gasteiger partial charge in [0.25, 0.3) is 26.9 Å². The molecule has 0 N–H and O–H groups in total. The molecule has 350 valence electrons. The lowest BCUT2D eigenvalue weighted by molar-refractivity contribution is 0.465. The number of ether oxygens (including phenoxy) is 4. The van der Waals surface area contributed by atoms with Crippen molar-refractivity contribution in [1.29, 1.82) is 0 Å². The normalized spacial score (nSPS) is 14.8. The summed E-state index contributed by atoms with van der Waals surface area (Å²) in [5.74, 6) is 6.92. The molecular weight excluding hydrogens is 942 g/mol. The lowest BCUT2D eigenvalue weighted by atomic mass is 9.28. The van der Waals surface area contributed by atoms with Gasteiger partial charge in [-0.15, -0.1) is 0 Å². The molecule has 7 nitrogen and oxygen atoms in total. The van der Waals surface area contributed by atoms with Crippen molar-refractivity contribution in [2.75, 3.05) is 9.80 Å². The zero-order valence-corrected chi connectivity index (χ0v) is 41.0. The Kier molecular flexibility index (Phi) is 7.09. The minimum atomic E-state index is -0.128. The van der Waals surface area contributed by atoms with E-state index < -0.39 is 0 Å². The molecule has 0 bridgehead atoms. The fourth-order valence-electron chi connectivity index (χ4n) is 15.4. The minimum absolute atomic E-state index is 0.0631. The number of anilines is 6. The summed E-state index contributed by atoms with van der Waals surface area (Å²) in [5, 5.41) is 2.52.